The highest BCUT2D eigenvalue weighted by Gasteiger charge is 2.50. The van der Waals surface area contributed by atoms with Crippen LogP contribution in [0.15, 0.2) is 60.7 Å². The molecule has 0 aliphatic heterocycles. The standard InChI is InChI=1S/C21H30O4SSi/c1-18(12-11-17-26(22,23)24)25-27(21(2,3)4,19-13-7-5-8-14-19)20-15-9-6-10-16-20/h5-10,13-16,18H,11-12,17H2,1-4H3,(H,22,23,24)/t18-/m0/s1. The lowest BCUT2D eigenvalue weighted by Crippen LogP contribution is -2.67. The molecule has 0 heterocycles. The highest BCUT2D eigenvalue weighted by molar-refractivity contribution is 7.85. The largest absolute Gasteiger partial charge is 0.405 e. The third kappa shape index (κ3) is 5.51. The molecule has 0 amide bonds. The van der Waals surface area contributed by atoms with Gasteiger partial charge in [-0.15, -0.1) is 0 Å². The van der Waals surface area contributed by atoms with E-state index in [1.165, 1.54) is 10.4 Å². The van der Waals surface area contributed by atoms with E-state index in [-0.39, 0.29) is 16.9 Å². The van der Waals surface area contributed by atoms with Crippen LogP contribution in [0.2, 0.25) is 5.04 Å². The van der Waals surface area contributed by atoms with Gasteiger partial charge in [-0.1, -0.05) is 81.4 Å². The first-order valence-electron chi connectivity index (χ1n) is 9.30. The highest BCUT2D eigenvalue weighted by Crippen LogP contribution is 2.37. The van der Waals surface area contributed by atoms with Gasteiger partial charge in [-0.3, -0.25) is 4.55 Å². The van der Waals surface area contributed by atoms with E-state index in [4.69, 9.17) is 8.98 Å². The van der Waals surface area contributed by atoms with Gasteiger partial charge in [0, 0.05) is 6.10 Å². The Labute approximate surface area is 164 Å². The zero-order valence-electron chi connectivity index (χ0n) is 16.6. The van der Waals surface area contributed by atoms with Crippen molar-refractivity contribution < 1.29 is 17.4 Å². The van der Waals surface area contributed by atoms with Crippen molar-refractivity contribution in [1.29, 1.82) is 0 Å². The van der Waals surface area contributed by atoms with Crippen LogP contribution in [0.4, 0.5) is 0 Å². The lowest BCUT2D eigenvalue weighted by atomic mass is 10.2. The summed E-state index contributed by atoms with van der Waals surface area (Å²) in [4.78, 5) is 0. The minimum atomic E-state index is -3.94. The SMILES string of the molecule is C[C@@H](CCCS(=O)(=O)O)O[Si](c1ccccc1)(c1ccccc1)C(C)(C)C. The van der Waals surface area contributed by atoms with Crippen LogP contribution in [-0.4, -0.2) is 33.1 Å². The van der Waals surface area contributed by atoms with Crippen molar-refractivity contribution in [1.82, 2.24) is 0 Å². The summed E-state index contributed by atoms with van der Waals surface area (Å²) in [5.74, 6) is -0.235. The van der Waals surface area contributed by atoms with Gasteiger partial charge in [0.2, 0.25) is 0 Å². The monoisotopic (exact) mass is 406 g/mol. The Kier molecular flexibility index (Phi) is 7.02. The first-order chi connectivity index (χ1) is 12.6. The molecule has 6 heteroatoms. The second kappa shape index (κ2) is 8.69. The molecule has 0 aliphatic carbocycles. The summed E-state index contributed by atoms with van der Waals surface area (Å²) in [5.41, 5.74) is 0. The van der Waals surface area contributed by atoms with Crippen LogP contribution in [-0.2, 0) is 14.5 Å². The molecule has 148 valence electrons. The predicted molar refractivity (Wildman–Crippen MR) is 114 cm³/mol. The van der Waals surface area contributed by atoms with Gasteiger partial charge in [0.15, 0.2) is 0 Å². The van der Waals surface area contributed by atoms with Crippen molar-refractivity contribution in [3.8, 4) is 0 Å². The number of hydrogen-bond acceptors (Lipinski definition) is 3. The molecular formula is C21H30O4SSi. The summed E-state index contributed by atoms with van der Waals surface area (Å²) in [7, 11) is -6.56. The van der Waals surface area contributed by atoms with E-state index in [0.717, 1.165) is 0 Å². The van der Waals surface area contributed by atoms with Crippen molar-refractivity contribution in [2.24, 2.45) is 0 Å². The Morgan fingerprint density at radius 1 is 0.963 bits per heavy atom. The first kappa shape index (κ1) is 21.8. The van der Waals surface area contributed by atoms with Gasteiger partial charge in [-0.2, -0.15) is 8.42 Å². The number of hydrogen-bond donors (Lipinski definition) is 1. The maximum absolute atomic E-state index is 11.0. The third-order valence-electron chi connectivity index (χ3n) is 4.81. The summed E-state index contributed by atoms with van der Waals surface area (Å²) in [6.07, 6.45) is 0.820. The molecule has 0 bridgehead atoms. The minimum absolute atomic E-state index is 0.118. The summed E-state index contributed by atoms with van der Waals surface area (Å²) in [5, 5.41) is 2.28. The Hall–Kier alpha value is -1.47. The topological polar surface area (TPSA) is 63.6 Å². The maximum Gasteiger partial charge on any atom is 0.264 e. The fraction of sp³-hybridized carbons (Fsp3) is 0.429. The number of benzene rings is 2. The molecule has 0 aromatic heterocycles. The molecule has 27 heavy (non-hydrogen) atoms. The zero-order valence-corrected chi connectivity index (χ0v) is 18.4. The molecule has 1 atom stereocenters. The second-order valence-corrected chi connectivity index (χ2v) is 13.8. The molecule has 0 fully saturated rings. The van der Waals surface area contributed by atoms with Crippen LogP contribution >= 0.6 is 0 Å². The molecule has 0 saturated heterocycles. The smallest absolute Gasteiger partial charge is 0.264 e. The van der Waals surface area contributed by atoms with E-state index in [9.17, 15) is 8.42 Å². The van der Waals surface area contributed by atoms with Crippen LogP contribution in [0.25, 0.3) is 0 Å². The van der Waals surface area contributed by atoms with Crippen LogP contribution < -0.4 is 10.4 Å². The van der Waals surface area contributed by atoms with Gasteiger partial charge < -0.3 is 4.43 Å². The normalized spacial score (nSPS) is 14.1. The second-order valence-electron chi connectivity index (χ2n) is 8.02. The van der Waals surface area contributed by atoms with E-state index in [0.29, 0.717) is 12.8 Å². The molecule has 2 aromatic rings. The average molecular weight is 407 g/mol. The Morgan fingerprint density at radius 3 is 1.78 bits per heavy atom. The van der Waals surface area contributed by atoms with E-state index >= 15 is 0 Å². The first-order valence-corrected chi connectivity index (χ1v) is 12.8. The Bertz CT molecular complexity index is 775. The number of rotatable bonds is 8. The molecule has 0 spiro atoms. The zero-order chi connectivity index (χ0) is 20.1. The summed E-state index contributed by atoms with van der Waals surface area (Å²) >= 11 is 0. The van der Waals surface area contributed by atoms with Gasteiger partial charge in [0.05, 0.1) is 5.75 Å². The summed E-state index contributed by atoms with van der Waals surface area (Å²) in [6, 6.07) is 20.7. The average Bonchev–Trinajstić information content (AvgIpc) is 2.59. The summed E-state index contributed by atoms with van der Waals surface area (Å²) < 4.78 is 37.9. The van der Waals surface area contributed by atoms with Crippen LogP contribution in [0.1, 0.15) is 40.5 Å². The molecule has 0 radical (unpaired) electrons. The van der Waals surface area contributed by atoms with Gasteiger partial charge in [0.25, 0.3) is 18.4 Å². The fourth-order valence-corrected chi connectivity index (χ4v) is 8.87. The van der Waals surface area contributed by atoms with Crippen LogP contribution in [0.5, 0.6) is 0 Å². The van der Waals surface area contributed by atoms with E-state index in [2.05, 4.69) is 45.0 Å². The van der Waals surface area contributed by atoms with Crippen molar-refractivity contribution >= 4 is 28.8 Å². The van der Waals surface area contributed by atoms with Crippen LogP contribution in [0, 0.1) is 0 Å². The van der Waals surface area contributed by atoms with Gasteiger partial charge >= 0.3 is 0 Å². The molecule has 2 aromatic carbocycles. The van der Waals surface area contributed by atoms with E-state index < -0.39 is 18.4 Å². The molecule has 0 aliphatic rings. The van der Waals surface area contributed by atoms with Gasteiger partial charge in [-0.25, -0.2) is 0 Å². The third-order valence-corrected chi connectivity index (χ3v) is 10.8. The van der Waals surface area contributed by atoms with Crippen LogP contribution in [0.3, 0.4) is 0 Å². The lowest BCUT2D eigenvalue weighted by molar-refractivity contribution is 0.195. The fourth-order valence-electron chi connectivity index (χ4n) is 3.61. The van der Waals surface area contributed by atoms with E-state index in [1.807, 2.05) is 43.3 Å². The molecule has 0 unspecified atom stereocenters. The van der Waals surface area contributed by atoms with Crippen molar-refractivity contribution in [2.75, 3.05) is 5.75 Å². The molecular weight excluding hydrogens is 376 g/mol. The van der Waals surface area contributed by atoms with Crippen molar-refractivity contribution in [2.45, 2.75) is 51.7 Å². The highest BCUT2D eigenvalue weighted by atomic mass is 32.2. The molecule has 0 saturated carbocycles. The summed E-state index contributed by atoms with van der Waals surface area (Å²) in [6.45, 7) is 8.63. The van der Waals surface area contributed by atoms with E-state index in [1.54, 1.807) is 0 Å². The van der Waals surface area contributed by atoms with Gasteiger partial charge in [-0.05, 0) is 35.2 Å². The molecule has 4 nitrogen and oxygen atoms in total. The molecule has 2 rings (SSSR count). The van der Waals surface area contributed by atoms with Crippen molar-refractivity contribution in [3.05, 3.63) is 60.7 Å². The Balaban J connectivity index is 2.43. The maximum atomic E-state index is 11.0. The Morgan fingerprint density at radius 2 is 1.41 bits per heavy atom. The van der Waals surface area contributed by atoms with Gasteiger partial charge in [0.1, 0.15) is 0 Å². The lowest BCUT2D eigenvalue weighted by Gasteiger charge is -2.44. The minimum Gasteiger partial charge on any atom is -0.405 e. The predicted octanol–water partition coefficient (Wildman–Crippen LogP) is 3.62. The molecule has 1 N–H and O–H groups in total. The van der Waals surface area contributed by atoms with Crippen molar-refractivity contribution in [3.63, 3.8) is 0 Å². The quantitative estimate of drug-likeness (QED) is 0.537.